The summed E-state index contributed by atoms with van der Waals surface area (Å²) in [5, 5.41) is 11.2. The van der Waals surface area contributed by atoms with Gasteiger partial charge in [0.1, 0.15) is 29.4 Å². The SMILES string of the molecule is NC(=O)N1C(=O)[C@H]2[C@H](CC=C3[C@H]2C[C@H]2C(=O)N(Nc4ccc(F)cc4)C(=O)[C@@]2(c2ccc(Cl)cc2)[C@H]3c2ccc(CO)o2)C1=O. The van der Waals surface area contributed by atoms with Gasteiger partial charge < -0.3 is 15.3 Å². The quantitative estimate of drug-likeness (QED) is 0.284. The fourth-order valence-corrected chi connectivity index (χ4v) is 7.94. The number of nitrogens with one attached hydrogen (secondary N) is 1. The summed E-state index contributed by atoms with van der Waals surface area (Å²) in [4.78, 5) is 68.6. The van der Waals surface area contributed by atoms with E-state index < -0.39 is 77.1 Å². The third kappa shape index (κ3) is 4.09. The lowest BCUT2D eigenvalue weighted by Gasteiger charge is -2.49. The van der Waals surface area contributed by atoms with Gasteiger partial charge in [-0.3, -0.25) is 24.6 Å². The molecule has 1 saturated carbocycles. The molecule has 13 heteroatoms. The largest absolute Gasteiger partial charge is 0.463 e. The molecule has 3 aromatic rings. The summed E-state index contributed by atoms with van der Waals surface area (Å²) >= 11 is 6.25. The van der Waals surface area contributed by atoms with Crippen LogP contribution in [0, 0.1) is 29.5 Å². The van der Waals surface area contributed by atoms with Crippen LogP contribution in [0.5, 0.6) is 0 Å². The number of nitrogens with zero attached hydrogens (tertiary/aromatic N) is 2. The molecule has 45 heavy (non-hydrogen) atoms. The number of aliphatic hydroxyl groups is 1. The number of amides is 6. The van der Waals surface area contributed by atoms with Crippen molar-refractivity contribution in [1.29, 1.82) is 0 Å². The second-order valence-corrected chi connectivity index (χ2v) is 12.1. The number of furan rings is 1. The van der Waals surface area contributed by atoms with Gasteiger partial charge in [-0.15, -0.1) is 0 Å². The van der Waals surface area contributed by atoms with E-state index in [0.717, 1.165) is 5.01 Å². The van der Waals surface area contributed by atoms with Crippen molar-refractivity contribution in [3.05, 3.63) is 100 Å². The van der Waals surface area contributed by atoms with E-state index in [1.54, 1.807) is 42.5 Å². The summed E-state index contributed by atoms with van der Waals surface area (Å²) in [6, 6.07) is 13.7. The minimum atomic E-state index is -1.62. The van der Waals surface area contributed by atoms with Gasteiger partial charge in [-0.2, -0.15) is 9.91 Å². The number of carbonyl (C=O) groups excluding carboxylic acids is 5. The van der Waals surface area contributed by atoms with Gasteiger partial charge in [-0.05, 0) is 72.9 Å². The zero-order valence-corrected chi connectivity index (χ0v) is 24.2. The van der Waals surface area contributed by atoms with Crippen LogP contribution >= 0.6 is 11.6 Å². The number of urea groups is 1. The Balaban J connectivity index is 1.45. The van der Waals surface area contributed by atoms with Gasteiger partial charge in [0, 0.05) is 5.02 Å². The standard InChI is InChI=1S/C32H26ClFN4O7/c33-16-3-1-15(2-4-16)32-23(28(41)38(30(32)43)36-18-7-5-17(34)6-8-18)13-22-20(26(32)24-12-9-19(14-39)45-24)10-11-21-25(22)29(42)37(27(21)40)31(35)44/h1-10,12,21-23,25-26,36,39H,11,13-14H2,(H2,35,44)/t21-,22+,23-,25-,26+,32+/m0/s1. The molecule has 2 aromatic carbocycles. The number of rotatable bonds is 5. The molecule has 6 amide bonds. The van der Waals surface area contributed by atoms with E-state index in [2.05, 4.69) is 5.43 Å². The molecule has 230 valence electrons. The number of halogens is 2. The topological polar surface area (TPSA) is 163 Å². The predicted molar refractivity (Wildman–Crippen MR) is 155 cm³/mol. The second kappa shape index (κ2) is 10.4. The van der Waals surface area contributed by atoms with E-state index >= 15 is 0 Å². The maximum atomic E-state index is 14.9. The number of imide groups is 4. The molecule has 6 atom stereocenters. The molecule has 2 saturated heterocycles. The molecular weight excluding hydrogens is 607 g/mol. The van der Waals surface area contributed by atoms with Crippen molar-refractivity contribution in [2.45, 2.75) is 30.8 Å². The smallest absolute Gasteiger partial charge is 0.328 e. The zero-order chi connectivity index (χ0) is 31.8. The summed E-state index contributed by atoms with van der Waals surface area (Å²) in [6.45, 7) is -0.428. The average Bonchev–Trinajstić information content (AvgIpc) is 3.66. The van der Waals surface area contributed by atoms with Crippen molar-refractivity contribution in [2.75, 3.05) is 5.43 Å². The third-order valence-corrected chi connectivity index (χ3v) is 9.85. The summed E-state index contributed by atoms with van der Waals surface area (Å²) in [5.41, 5.74) is 7.97. The number of anilines is 1. The molecule has 0 radical (unpaired) electrons. The van der Waals surface area contributed by atoms with E-state index in [-0.39, 0.29) is 30.0 Å². The Morgan fingerprint density at radius 1 is 1.00 bits per heavy atom. The summed E-state index contributed by atoms with van der Waals surface area (Å²) < 4.78 is 19.8. The monoisotopic (exact) mass is 632 g/mol. The number of hydrazine groups is 1. The molecule has 7 rings (SSSR count). The number of aliphatic hydroxyl groups excluding tert-OH is 1. The number of benzene rings is 2. The average molecular weight is 633 g/mol. The molecule has 11 nitrogen and oxygen atoms in total. The fourth-order valence-electron chi connectivity index (χ4n) is 7.82. The predicted octanol–water partition coefficient (Wildman–Crippen LogP) is 3.63. The molecule has 2 aliphatic carbocycles. The number of carbonyl (C=O) groups is 5. The molecule has 4 aliphatic rings. The van der Waals surface area contributed by atoms with Crippen LogP contribution in [-0.2, 0) is 31.2 Å². The second-order valence-electron chi connectivity index (χ2n) is 11.7. The van der Waals surface area contributed by atoms with Crippen LogP contribution in [0.1, 0.15) is 35.8 Å². The van der Waals surface area contributed by atoms with Crippen molar-refractivity contribution in [1.82, 2.24) is 9.91 Å². The molecule has 3 fully saturated rings. The lowest BCUT2D eigenvalue weighted by molar-refractivity contribution is -0.139. The first-order valence-electron chi connectivity index (χ1n) is 14.3. The van der Waals surface area contributed by atoms with Crippen molar-refractivity contribution in [2.24, 2.45) is 29.4 Å². The Labute approximate surface area is 260 Å². The summed E-state index contributed by atoms with van der Waals surface area (Å²) in [5.74, 6) is -7.35. The minimum absolute atomic E-state index is 0.0164. The normalized spacial score (nSPS) is 29.0. The molecule has 0 spiro atoms. The van der Waals surface area contributed by atoms with E-state index in [1.165, 1.54) is 24.3 Å². The Bertz CT molecular complexity index is 1810. The summed E-state index contributed by atoms with van der Waals surface area (Å²) in [6.07, 6.45) is 1.86. The number of primary amides is 1. The van der Waals surface area contributed by atoms with Crippen LogP contribution in [0.3, 0.4) is 0 Å². The van der Waals surface area contributed by atoms with Gasteiger partial charge in [0.05, 0.1) is 29.4 Å². The Morgan fingerprint density at radius 2 is 1.71 bits per heavy atom. The fraction of sp³-hybridized carbons (Fsp3) is 0.281. The van der Waals surface area contributed by atoms with E-state index in [9.17, 15) is 33.5 Å². The minimum Gasteiger partial charge on any atom is -0.463 e. The Morgan fingerprint density at radius 3 is 2.36 bits per heavy atom. The van der Waals surface area contributed by atoms with Crippen LogP contribution in [0.4, 0.5) is 14.9 Å². The maximum absolute atomic E-state index is 14.9. The molecule has 0 unspecified atom stereocenters. The van der Waals surface area contributed by atoms with Gasteiger partial charge in [-0.1, -0.05) is 35.4 Å². The van der Waals surface area contributed by atoms with Gasteiger partial charge >= 0.3 is 6.03 Å². The molecule has 4 N–H and O–H groups in total. The number of hydrogen-bond acceptors (Lipinski definition) is 8. The number of allylic oxidation sites excluding steroid dienone is 2. The highest BCUT2D eigenvalue weighted by Gasteiger charge is 2.71. The third-order valence-electron chi connectivity index (χ3n) is 9.60. The van der Waals surface area contributed by atoms with Gasteiger partial charge in [0.25, 0.3) is 11.8 Å². The highest BCUT2D eigenvalue weighted by Crippen LogP contribution is 2.64. The lowest BCUT2D eigenvalue weighted by Crippen LogP contribution is -2.53. The molecule has 3 heterocycles. The first-order chi connectivity index (χ1) is 21.6. The van der Waals surface area contributed by atoms with Crippen LogP contribution in [0.15, 0.2) is 76.7 Å². The van der Waals surface area contributed by atoms with E-state index in [0.29, 0.717) is 21.1 Å². The van der Waals surface area contributed by atoms with Crippen molar-refractivity contribution in [3.63, 3.8) is 0 Å². The Kier molecular flexibility index (Phi) is 6.68. The maximum Gasteiger partial charge on any atom is 0.328 e. The molecule has 0 bridgehead atoms. The van der Waals surface area contributed by atoms with Crippen LogP contribution in [0.2, 0.25) is 5.02 Å². The molecule has 2 aliphatic heterocycles. The lowest BCUT2D eigenvalue weighted by atomic mass is 9.50. The highest BCUT2D eigenvalue weighted by atomic mass is 35.5. The van der Waals surface area contributed by atoms with Gasteiger partial charge in [-0.25, -0.2) is 9.18 Å². The highest BCUT2D eigenvalue weighted by molar-refractivity contribution is 6.30. The van der Waals surface area contributed by atoms with Crippen LogP contribution < -0.4 is 11.2 Å². The van der Waals surface area contributed by atoms with Gasteiger partial charge in [0.2, 0.25) is 11.8 Å². The number of fused-ring (bicyclic) bond motifs is 4. The van der Waals surface area contributed by atoms with E-state index in [1.807, 2.05) is 0 Å². The van der Waals surface area contributed by atoms with Crippen LogP contribution in [0.25, 0.3) is 0 Å². The number of nitrogens with two attached hydrogens (primary N) is 1. The zero-order valence-electron chi connectivity index (χ0n) is 23.5. The van der Waals surface area contributed by atoms with Gasteiger partial charge in [0.15, 0.2) is 0 Å². The van der Waals surface area contributed by atoms with Crippen LogP contribution in [-0.4, -0.2) is 44.7 Å². The van der Waals surface area contributed by atoms with Crippen molar-refractivity contribution in [3.8, 4) is 0 Å². The molecule has 1 aromatic heterocycles. The van der Waals surface area contributed by atoms with E-state index in [4.69, 9.17) is 21.8 Å². The number of hydrogen-bond donors (Lipinski definition) is 3. The van der Waals surface area contributed by atoms with Crippen molar-refractivity contribution >= 4 is 46.9 Å². The first-order valence-corrected chi connectivity index (χ1v) is 14.7. The Hall–Kier alpha value is -4.81. The number of likely N-dealkylation sites (tertiary alicyclic amines) is 1. The van der Waals surface area contributed by atoms with Crippen molar-refractivity contribution < 1.29 is 37.9 Å². The summed E-state index contributed by atoms with van der Waals surface area (Å²) in [7, 11) is 0. The first kappa shape index (κ1) is 28.9. The molecular formula is C32H26ClFN4O7.